The first kappa shape index (κ1) is 9.95. The average Bonchev–Trinajstić information content (AvgIpc) is 2.57. The van der Waals surface area contributed by atoms with E-state index in [-0.39, 0.29) is 0 Å². The van der Waals surface area contributed by atoms with Gasteiger partial charge in [0, 0.05) is 11.5 Å². The third-order valence-electron chi connectivity index (χ3n) is 4.01. The molecule has 0 N–H and O–H groups in total. The van der Waals surface area contributed by atoms with Gasteiger partial charge in [-0.15, -0.1) is 0 Å². The molecule has 0 aromatic heterocycles. The Morgan fingerprint density at radius 3 is 2.88 bits per heavy atom. The first-order valence-corrected chi connectivity index (χ1v) is 6.10. The fraction of sp³-hybridized carbons (Fsp3) is 0.467. The SMILES string of the molecule is CC1=CC2c3cc(C)ccc3OC2CC1C. The summed E-state index contributed by atoms with van der Waals surface area (Å²) in [5, 5.41) is 0. The Balaban J connectivity index is 2.06. The van der Waals surface area contributed by atoms with Gasteiger partial charge in [-0.3, -0.25) is 0 Å². The molecule has 3 unspecified atom stereocenters. The Hall–Kier alpha value is -1.24. The summed E-state index contributed by atoms with van der Waals surface area (Å²) < 4.78 is 6.04. The van der Waals surface area contributed by atoms with Crippen molar-refractivity contribution >= 4 is 0 Å². The smallest absolute Gasteiger partial charge is 0.123 e. The summed E-state index contributed by atoms with van der Waals surface area (Å²) >= 11 is 0. The van der Waals surface area contributed by atoms with E-state index in [1.165, 1.54) is 16.7 Å². The molecule has 84 valence electrons. The number of hydrogen-bond acceptors (Lipinski definition) is 1. The van der Waals surface area contributed by atoms with Gasteiger partial charge >= 0.3 is 0 Å². The van der Waals surface area contributed by atoms with E-state index in [1.807, 2.05) is 0 Å². The van der Waals surface area contributed by atoms with E-state index in [0.717, 1.165) is 12.2 Å². The number of ether oxygens (including phenoxy) is 1. The molecule has 3 atom stereocenters. The van der Waals surface area contributed by atoms with Crippen molar-refractivity contribution in [2.75, 3.05) is 0 Å². The minimum Gasteiger partial charge on any atom is -0.489 e. The zero-order valence-corrected chi connectivity index (χ0v) is 10.2. The zero-order valence-electron chi connectivity index (χ0n) is 10.2. The van der Waals surface area contributed by atoms with Gasteiger partial charge in [-0.1, -0.05) is 36.3 Å². The number of allylic oxidation sites excluding steroid dienone is 1. The van der Waals surface area contributed by atoms with Crippen molar-refractivity contribution < 1.29 is 4.74 Å². The summed E-state index contributed by atoms with van der Waals surface area (Å²) in [4.78, 5) is 0. The van der Waals surface area contributed by atoms with Crippen LogP contribution in [0.5, 0.6) is 5.75 Å². The lowest BCUT2D eigenvalue weighted by atomic mass is 9.80. The van der Waals surface area contributed by atoms with E-state index in [1.54, 1.807) is 0 Å². The van der Waals surface area contributed by atoms with Gasteiger partial charge in [-0.2, -0.15) is 0 Å². The normalized spacial score (nSPS) is 31.4. The second kappa shape index (κ2) is 3.38. The predicted octanol–water partition coefficient (Wildman–Crippen LogP) is 3.83. The van der Waals surface area contributed by atoms with Gasteiger partial charge in [0.25, 0.3) is 0 Å². The number of fused-ring (bicyclic) bond motifs is 3. The molecule has 0 amide bonds. The van der Waals surface area contributed by atoms with E-state index in [0.29, 0.717) is 17.9 Å². The van der Waals surface area contributed by atoms with Crippen LogP contribution in [0.3, 0.4) is 0 Å². The molecule has 1 aliphatic heterocycles. The molecule has 1 aliphatic carbocycles. The molecule has 2 aliphatic rings. The molecule has 0 fully saturated rings. The number of hydrogen-bond donors (Lipinski definition) is 0. The van der Waals surface area contributed by atoms with E-state index in [9.17, 15) is 0 Å². The fourth-order valence-electron chi connectivity index (χ4n) is 2.85. The Morgan fingerprint density at radius 2 is 2.06 bits per heavy atom. The van der Waals surface area contributed by atoms with E-state index in [2.05, 4.69) is 45.0 Å². The maximum Gasteiger partial charge on any atom is 0.123 e. The zero-order chi connectivity index (χ0) is 11.3. The van der Waals surface area contributed by atoms with Gasteiger partial charge in [0.05, 0.1) is 0 Å². The second-order valence-corrected chi connectivity index (χ2v) is 5.27. The van der Waals surface area contributed by atoms with Crippen LogP contribution in [0.1, 0.15) is 37.3 Å². The van der Waals surface area contributed by atoms with Gasteiger partial charge < -0.3 is 4.74 Å². The number of aryl methyl sites for hydroxylation is 1. The highest BCUT2D eigenvalue weighted by Crippen LogP contribution is 2.45. The maximum absolute atomic E-state index is 6.04. The summed E-state index contributed by atoms with van der Waals surface area (Å²) in [5.41, 5.74) is 4.23. The fourth-order valence-corrected chi connectivity index (χ4v) is 2.85. The van der Waals surface area contributed by atoms with Crippen molar-refractivity contribution in [1.82, 2.24) is 0 Å². The maximum atomic E-state index is 6.04. The molecular formula is C15H18O. The second-order valence-electron chi connectivity index (χ2n) is 5.27. The molecule has 3 rings (SSSR count). The first-order valence-electron chi connectivity index (χ1n) is 6.10. The van der Waals surface area contributed by atoms with Crippen molar-refractivity contribution in [2.45, 2.75) is 39.2 Å². The van der Waals surface area contributed by atoms with Crippen molar-refractivity contribution in [2.24, 2.45) is 5.92 Å². The molecule has 1 heterocycles. The van der Waals surface area contributed by atoms with E-state index < -0.39 is 0 Å². The monoisotopic (exact) mass is 214 g/mol. The molecule has 0 bridgehead atoms. The molecule has 1 heteroatoms. The summed E-state index contributed by atoms with van der Waals surface area (Å²) in [5.74, 6) is 2.25. The third kappa shape index (κ3) is 1.38. The van der Waals surface area contributed by atoms with Crippen molar-refractivity contribution in [3.05, 3.63) is 41.0 Å². The standard InChI is InChI=1S/C15H18O/c1-9-4-5-14-12(6-9)13-7-10(2)11(3)8-15(13)16-14/h4-7,11,13,15H,8H2,1-3H3. The van der Waals surface area contributed by atoms with Crippen molar-refractivity contribution in [3.63, 3.8) is 0 Å². The minimum absolute atomic E-state index is 0.371. The molecule has 0 radical (unpaired) electrons. The molecule has 16 heavy (non-hydrogen) atoms. The Labute approximate surface area is 97.1 Å². The van der Waals surface area contributed by atoms with Gasteiger partial charge in [-0.25, -0.2) is 0 Å². The molecule has 1 aromatic rings. The van der Waals surface area contributed by atoms with Crippen LogP contribution in [0.2, 0.25) is 0 Å². The number of rotatable bonds is 0. The Kier molecular flexibility index (Phi) is 2.10. The van der Waals surface area contributed by atoms with Gasteiger partial charge in [0.1, 0.15) is 11.9 Å². The topological polar surface area (TPSA) is 9.23 Å². The van der Waals surface area contributed by atoms with Crippen LogP contribution < -0.4 is 4.74 Å². The lowest BCUT2D eigenvalue weighted by molar-refractivity contribution is 0.184. The summed E-state index contributed by atoms with van der Waals surface area (Å²) in [6.07, 6.45) is 3.93. The van der Waals surface area contributed by atoms with Crippen LogP contribution in [0.25, 0.3) is 0 Å². The van der Waals surface area contributed by atoms with Crippen LogP contribution in [-0.4, -0.2) is 6.10 Å². The highest BCUT2D eigenvalue weighted by molar-refractivity contribution is 5.47. The average molecular weight is 214 g/mol. The Bertz CT molecular complexity index is 459. The van der Waals surface area contributed by atoms with E-state index in [4.69, 9.17) is 4.74 Å². The van der Waals surface area contributed by atoms with Crippen molar-refractivity contribution in [1.29, 1.82) is 0 Å². The molecule has 1 aromatic carbocycles. The van der Waals surface area contributed by atoms with Gasteiger partial charge in [-0.05, 0) is 32.3 Å². The quantitative estimate of drug-likeness (QED) is 0.596. The molecule has 0 spiro atoms. The predicted molar refractivity (Wildman–Crippen MR) is 65.9 cm³/mol. The van der Waals surface area contributed by atoms with Crippen LogP contribution >= 0.6 is 0 Å². The van der Waals surface area contributed by atoms with Gasteiger partial charge in [0.2, 0.25) is 0 Å². The summed E-state index contributed by atoms with van der Waals surface area (Å²) in [7, 11) is 0. The minimum atomic E-state index is 0.371. The lowest BCUT2D eigenvalue weighted by Gasteiger charge is -2.27. The molecule has 0 saturated carbocycles. The van der Waals surface area contributed by atoms with Crippen LogP contribution in [0, 0.1) is 12.8 Å². The van der Waals surface area contributed by atoms with E-state index >= 15 is 0 Å². The largest absolute Gasteiger partial charge is 0.489 e. The summed E-state index contributed by atoms with van der Waals surface area (Å²) in [6, 6.07) is 6.53. The lowest BCUT2D eigenvalue weighted by Crippen LogP contribution is -2.25. The number of benzene rings is 1. The third-order valence-corrected chi connectivity index (χ3v) is 4.01. The van der Waals surface area contributed by atoms with Crippen molar-refractivity contribution in [3.8, 4) is 5.75 Å². The van der Waals surface area contributed by atoms with Crippen LogP contribution in [0.15, 0.2) is 29.8 Å². The highest BCUT2D eigenvalue weighted by Gasteiger charge is 2.36. The molecular weight excluding hydrogens is 196 g/mol. The van der Waals surface area contributed by atoms with Gasteiger partial charge in [0.15, 0.2) is 0 Å². The van der Waals surface area contributed by atoms with Crippen LogP contribution in [0.4, 0.5) is 0 Å². The molecule has 1 nitrogen and oxygen atoms in total. The Morgan fingerprint density at radius 1 is 1.25 bits per heavy atom. The van der Waals surface area contributed by atoms with Crippen LogP contribution in [-0.2, 0) is 0 Å². The first-order chi connectivity index (χ1) is 7.65. The summed E-state index contributed by atoms with van der Waals surface area (Å²) in [6.45, 7) is 6.68. The highest BCUT2D eigenvalue weighted by atomic mass is 16.5. The molecule has 0 saturated heterocycles.